The molecule has 35 heavy (non-hydrogen) atoms. The molecule has 1 aromatic carbocycles. The van der Waals surface area contributed by atoms with Gasteiger partial charge in [-0.15, -0.1) is 0 Å². The molecule has 5 atom stereocenters. The molecule has 0 aliphatic carbocycles. The van der Waals surface area contributed by atoms with Crippen molar-refractivity contribution in [3.63, 3.8) is 0 Å². The molecule has 0 bridgehead atoms. The van der Waals surface area contributed by atoms with Crippen molar-refractivity contribution in [1.29, 1.82) is 0 Å². The second-order valence-corrected chi connectivity index (χ2v) is 8.50. The number of benzene rings is 1. The predicted octanol–water partition coefficient (Wildman–Crippen LogP) is -0.867. The van der Waals surface area contributed by atoms with Gasteiger partial charge in [-0.25, -0.2) is 4.79 Å². The maximum atomic E-state index is 13.1. The largest absolute Gasteiger partial charge is 0.508 e. The van der Waals surface area contributed by atoms with Crippen LogP contribution in [0.25, 0.3) is 0 Å². The number of hydrogen-bond acceptors (Lipinski definition) is 7. The first-order chi connectivity index (χ1) is 16.3. The van der Waals surface area contributed by atoms with Gasteiger partial charge in [0.15, 0.2) is 0 Å². The molecule has 0 aromatic heterocycles. The fourth-order valence-electron chi connectivity index (χ4n) is 3.14. The molecule has 0 spiro atoms. The Morgan fingerprint density at radius 1 is 0.914 bits per heavy atom. The Balaban J connectivity index is 3.13. The highest BCUT2D eigenvalue weighted by atomic mass is 16.4. The van der Waals surface area contributed by atoms with Gasteiger partial charge in [0.05, 0.1) is 6.04 Å². The third kappa shape index (κ3) is 10.0. The third-order valence-corrected chi connectivity index (χ3v) is 5.51. The highest BCUT2D eigenvalue weighted by molar-refractivity contribution is 5.94. The first-order valence-corrected chi connectivity index (χ1v) is 11.3. The van der Waals surface area contributed by atoms with Crippen molar-refractivity contribution < 1.29 is 34.2 Å². The van der Waals surface area contributed by atoms with E-state index < -0.39 is 59.7 Å². The van der Waals surface area contributed by atoms with E-state index in [0.29, 0.717) is 12.0 Å². The zero-order valence-electron chi connectivity index (χ0n) is 20.1. The minimum absolute atomic E-state index is 0.0132. The fourth-order valence-corrected chi connectivity index (χ4v) is 3.14. The molecule has 12 heteroatoms. The van der Waals surface area contributed by atoms with Crippen LogP contribution >= 0.6 is 0 Å². The SMILES string of the molecule is CCC(C)C(NC(=O)C(CCC(N)=O)NC(=O)C(Cc1ccc(O)cc1)NC(=O)C(C)N)C(=O)O. The lowest BCUT2D eigenvalue weighted by Crippen LogP contribution is -2.58. The minimum Gasteiger partial charge on any atom is -0.508 e. The molecule has 4 amide bonds. The summed E-state index contributed by atoms with van der Waals surface area (Å²) in [4.78, 5) is 61.1. The molecule has 1 rings (SSSR count). The molecule has 12 nitrogen and oxygen atoms in total. The highest BCUT2D eigenvalue weighted by Crippen LogP contribution is 2.13. The minimum atomic E-state index is -1.28. The van der Waals surface area contributed by atoms with Crippen LogP contribution in [0.1, 0.15) is 45.6 Å². The van der Waals surface area contributed by atoms with Gasteiger partial charge in [0.25, 0.3) is 0 Å². The van der Waals surface area contributed by atoms with Gasteiger partial charge >= 0.3 is 5.97 Å². The zero-order chi connectivity index (χ0) is 26.7. The van der Waals surface area contributed by atoms with Crippen LogP contribution in [-0.4, -0.2) is 64.0 Å². The number of carboxylic acid groups (broad SMARTS) is 1. The Bertz CT molecular complexity index is 904. The Kier molecular flexibility index (Phi) is 11.7. The van der Waals surface area contributed by atoms with E-state index in [1.165, 1.54) is 19.1 Å². The maximum absolute atomic E-state index is 13.1. The standard InChI is InChI=1S/C23H35N5O7/c1-4-12(2)19(23(34)35)28-21(32)16(9-10-18(25)30)26-22(33)17(27-20(31)13(3)24)11-14-5-7-15(29)8-6-14/h5-8,12-13,16-17,19,29H,4,9-11,24H2,1-3H3,(H2,25,30)(H,26,33)(H,27,31)(H,28,32)(H,34,35). The van der Waals surface area contributed by atoms with Gasteiger partial charge in [0.1, 0.15) is 23.9 Å². The number of primary amides is 1. The highest BCUT2D eigenvalue weighted by Gasteiger charge is 2.32. The quantitative estimate of drug-likeness (QED) is 0.172. The van der Waals surface area contributed by atoms with Crippen molar-refractivity contribution in [2.45, 2.75) is 70.6 Å². The number of carboxylic acids is 1. The van der Waals surface area contributed by atoms with Crippen molar-refractivity contribution in [3.05, 3.63) is 29.8 Å². The molecule has 0 saturated heterocycles. The van der Waals surface area contributed by atoms with E-state index in [0.717, 1.165) is 0 Å². The Morgan fingerprint density at radius 2 is 1.46 bits per heavy atom. The zero-order valence-corrected chi connectivity index (χ0v) is 20.1. The smallest absolute Gasteiger partial charge is 0.326 e. The van der Waals surface area contributed by atoms with Crippen LogP contribution in [-0.2, 0) is 30.4 Å². The summed E-state index contributed by atoms with van der Waals surface area (Å²) in [6, 6.07) is 1.42. The van der Waals surface area contributed by atoms with Crippen molar-refractivity contribution in [2.75, 3.05) is 0 Å². The van der Waals surface area contributed by atoms with Crippen LogP contribution in [0.5, 0.6) is 5.75 Å². The molecule has 0 fully saturated rings. The van der Waals surface area contributed by atoms with Crippen LogP contribution in [0.2, 0.25) is 0 Å². The van der Waals surface area contributed by atoms with Gasteiger partial charge in [-0.2, -0.15) is 0 Å². The summed E-state index contributed by atoms with van der Waals surface area (Å²) in [6.07, 6.45) is 0.0775. The lowest BCUT2D eigenvalue weighted by Gasteiger charge is -2.26. The summed E-state index contributed by atoms with van der Waals surface area (Å²) in [6.45, 7) is 4.87. The number of nitrogens with one attached hydrogen (secondary N) is 3. The van der Waals surface area contributed by atoms with Crippen molar-refractivity contribution in [2.24, 2.45) is 17.4 Å². The molecule has 0 radical (unpaired) electrons. The van der Waals surface area contributed by atoms with E-state index in [2.05, 4.69) is 16.0 Å². The Morgan fingerprint density at radius 3 is 1.94 bits per heavy atom. The number of aliphatic carboxylic acids is 1. The monoisotopic (exact) mass is 493 g/mol. The summed E-state index contributed by atoms with van der Waals surface area (Å²) in [5.74, 6) is -4.46. The van der Waals surface area contributed by atoms with E-state index in [1.54, 1.807) is 26.0 Å². The summed E-state index contributed by atoms with van der Waals surface area (Å²) >= 11 is 0. The van der Waals surface area contributed by atoms with Crippen LogP contribution in [0.15, 0.2) is 24.3 Å². The molecule has 0 saturated carbocycles. The summed E-state index contributed by atoms with van der Waals surface area (Å²) in [7, 11) is 0. The summed E-state index contributed by atoms with van der Waals surface area (Å²) < 4.78 is 0. The third-order valence-electron chi connectivity index (χ3n) is 5.51. The van der Waals surface area contributed by atoms with Crippen molar-refractivity contribution in [1.82, 2.24) is 16.0 Å². The molecule has 9 N–H and O–H groups in total. The van der Waals surface area contributed by atoms with E-state index >= 15 is 0 Å². The molecule has 0 aliphatic heterocycles. The van der Waals surface area contributed by atoms with Crippen LogP contribution in [0.4, 0.5) is 0 Å². The molecule has 5 unspecified atom stereocenters. The number of carbonyl (C=O) groups is 5. The van der Waals surface area contributed by atoms with E-state index in [1.807, 2.05) is 0 Å². The maximum Gasteiger partial charge on any atom is 0.326 e. The number of amides is 4. The van der Waals surface area contributed by atoms with Gasteiger partial charge in [-0.3, -0.25) is 19.2 Å². The lowest BCUT2D eigenvalue weighted by molar-refractivity contribution is -0.144. The van der Waals surface area contributed by atoms with Crippen LogP contribution in [0.3, 0.4) is 0 Å². The number of phenolic OH excluding ortho intramolecular Hbond substituents is 1. The average Bonchev–Trinajstić information content (AvgIpc) is 2.79. The van der Waals surface area contributed by atoms with E-state index in [9.17, 15) is 34.2 Å². The van der Waals surface area contributed by atoms with Gasteiger partial charge in [0, 0.05) is 12.8 Å². The molecular weight excluding hydrogens is 458 g/mol. The van der Waals surface area contributed by atoms with Gasteiger partial charge < -0.3 is 37.6 Å². The van der Waals surface area contributed by atoms with E-state index in [4.69, 9.17) is 11.5 Å². The molecule has 194 valence electrons. The first kappa shape index (κ1) is 29.4. The second-order valence-electron chi connectivity index (χ2n) is 8.50. The van der Waals surface area contributed by atoms with Gasteiger partial charge in [-0.1, -0.05) is 32.4 Å². The molecular formula is C23H35N5O7. The van der Waals surface area contributed by atoms with Crippen LogP contribution < -0.4 is 27.4 Å². The average molecular weight is 494 g/mol. The lowest BCUT2D eigenvalue weighted by atomic mass is 9.98. The van der Waals surface area contributed by atoms with Crippen molar-refractivity contribution >= 4 is 29.6 Å². The van der Waals surface area contributed by atoms with Crippen molar-refractivity contribution in [3.8, 4) is 5.75 Å². The molecule has 1 aromatic rings. The normalized spacial score (nSPS) is 15.1. The summed E-state index contributed by atoms with van der Waals surface area (Å²) in [5.41, 5.74) is 11.4. The second kappa shape index (κ2) is 13.9. The molecule has 0 heterocycles. The van der Waals surface area contributed by atoms with Gasteiger partial charge in [-0.05, 0) is 37.0 Å². The number of aromatic hydroxyl groups is 1. The number of phenols is 1. The topological polar surface area (TPSA) is 214 Å². The number of rotatable bonds is 14. The molecule has 0 aliphatic rings. The summed E-state index contributed by atoms with van der Waals surface area (Å²) in [5, 5.41) is 26.4. The number of hydrogen-bond donors (Lipinski definition) is 7. The number of carbonyl (C=O) groups excluding carboxylic acids is 4. The predicted molar refractivity (Wildman–Crippen MR) is 127 cm³/mol. The van der Waals surface area contributed by atoms with E-state index in [-0.39, 0.29) is 25.0 Å². The first-order valence-electron chi connectivity index (χ1n) is 11.3. The van der Waals surface area contributed by atoms with Gasteiger partial charge in [0.2, 0.25) is 23.6 Å². The Labute approximate surface area is 203 Å². The fraction of sp³-hybridized carbons (Fsp3) is 0.522. The van der Waals surface area contributed by atoms with Crippen LogP contribution in [0, 0.1) is 5.92 Å². The Hall–Kier alpha value is -3.67. The number of nitrogens with two attached hydrogens (primary N) is 2.